The lowest BCUT2D eigenvalue weighted by Crippen LogP contribution is -2.49. The van der Waals surface area contributed by atoms with Crippen molar-refractivity contribution in [3.63, 3.8) is 0 Å². The lowest BCUT2D eigenvalue weighted by Gasteiger charge is -2.35. The second-order valence-corrected chi connectivity index (χ2v) is 9.14. The van der Waals surface area contributed by atoms with Gasteiger partial charge in [0.15, 0.2) is 5.82 Å². The first-order valence-electron chi connectivity index (χ1n) is 12.1. The topological polar surface area (TPSA) is 99.7 Å². The van der Waals surface area contributed by atoms with Crippen molar-refractivity contribution in [2.24, 2.45) is 0 Å². The van der Waals surface area contributed by atoms with Crippen LogP contribution in [0.5, 0.6) is 5.75 Å². The fourth-order valence-electron chi connectivity index (χ4n) is 3.96. The number of aromatic nitrogens is 2. The van der Waals surface area contributed by atoms with Gasteiger partial charge in [0.2, 0.25) is 5.91 Å². The molecule has 0 saturated carbocycles. The summed E-state index contributed by atoms with van der Waals surface area (Å²) in [5.41, 5.74) is 1.05. The summed E-state index contributed by atoms with van der Waals surface area (Å²) in [7, 11) is 0. The molecule has 2 amide bonds. The van der Waals surface area contributed by atoms with Crippen LogP contribution in [0.15, 0.2) is 54.6 Å². The highest BCUT2D eigenvalue weighted by Gasteiger charge is 2.31. The Labute approximate surface area is 227 Å². The molecule has 0 aliphatic carbocycles. The first kappa shape index (κ1) is 28.0. The van der Waals surface area contributed by atoms with Gasteiger partial charge in [-0.2, -0.15) is 0 Å². The first-order chi connectivity index (χ1) is 18.6. The zero-order valence-electron chi connectivity index (χ0n) is 21.0. The average Bonchev–Trinajstić information content (AvgIpc) is 2.90. The van der Waals surface area contributed by atoms with E-state index in [9.17, 15) is 22.8 Å². The molecule has 2 heterocycles. The van der Waals surface area contributed by atoms with E-state index in [4.69, 9.17) is 16.6 Å². The molecule has 1 aliphatic heterocycles. The second-order valence-electron chi connectivity index (χ2n) is 8.70. The Kier molecular flexibility index (Phi) is 8.75. The van der Waals surface area contributed by atoms with Gasteiger partial charge in [-0.1, -0.05) is 11.6 Å². The molecule has 0 radical (unpaired) electrons. The van der Waals surface area contributed by atoms with Gasteiger partial charge in [-0.25, -0.2) is 9.97 Å². The molecule has 9 nitrogen and oxygen atoms in total. The van der Waals surface area contributed by atoms with Crippen LogP contribution in [0.25, 0.3) is 11.4 Å². The fraction of sp³-hybridized carbons (Fsp3) is 0.308. The van der Waals surface area contributed by atoms with E-state index in [2.05, 4.69) is 20.4 Å². The Morgan fingerprint density at radius 1 is 0.974 bits per heavy atom. The number of amides is 2. The lowest BCUT2D eigenvalue weighted by molar-refractivity contribution is -0.274. The number of alkyl halides is 3. The van der Waals surface area contributed by atoms with Gasteiger partial charge in [0.1, 0.15) is 17.4 Å². The van der Waals surface area contributed by atoms with Crippen LogP contribution < -0.4 is 20.3 Å². The molecule has 2 N–H and O–H groups in total. The van der Waals surface area contributed by atoms with Gasteiger partial charge < -0.3 is 25.2 Å². The number of hydrogen-bond donors (Lipinski definition) is 2. The maximum atomic E-state index is 12.9. The van der Waals surface area contributed by atoms with E-state index in [-0.39, 0.29) is 23.1 Å². The third-order valence-corrected chi connectivity index (χ3v) is 6.10. The molecule has 0 unspecified atom stereocenters. The predicted molar refractivity (Wildman–Crippen MR) is 141 cm³/mol. The molecule has 1 saturated heterocycles. The number of anilines is 2. The fourth-order valence-corrected chi connectivity index (χ4v) is 4.09. The molecule has 1 fully saturated rings. The molecular formula is C26H26ClF3N6O3. The van der Waals surface area contributed by atoms with Gasteiger partial charge in [-0.3, -0.25) is 9.59 Å². The summed E-state index contributed by atoms with van der Waals surface area (Å²) >= 11 is 6.03. The first-order valence-corrected chi connectivity index (χ1v) is 12.5. The summed E-state index contributed by atoms with van der Waals surface area (Å²) < 4.78 is 41.1. The Balaban J connectivity index is 1.45. The van der Waals surface area contributed by atoms with Crippen molar-refractivity contribution >= 4 is 35.1 Å². The number of halogens is 4. The number of carbonyl (C=O) groups is 2. The highest BCUT2D eigenvalue weighted by Crippen LogP contribution is 2.26. The van der Waals surface area contributed by atoms with E-state index >= 15 is 0 Å². The molecule has 206 valence electrons. The molecule has 1 aliphatic rings. The molecule has 39 heavy (non-hydrogen) atoms. The quantitative estimate of drug-likeness (QED) is 0.397. The minimum absolute atomic E-state index is 0.125. The van der Waals surface area contributed by atoms with Gasteiger partial charge in [-0.05, 0) is 48.5 Å². The number of hydrogen-bond acceptors (Lipinski definition) is 7. The molecule has 0 atom stereocenters. The molecule has 1 aromatic heterocycles. The maximum Gasteiger partial charge on any atom is 0.573 e. The average molecular weight is 563 g/mol. The van der Waals surface area contributed by atoms with Crippen LogP contribution in [-0.4, -0.2) is 72.3 Å². The van der Waals surface area contributed by atoms with Gasteiger partial charge >= 0.3 is 6.36 Å². The molecule has 0 bridgehead atoms. The Morgan fingerprint density at radius 2 is 1.64 bits per heavy atom. The van der Waals surface area contributed by atoms with Crippen LogP contribution >= 0.6 is 11.6 Å². The van der Waals surface area contributed by atoms with Crippen molar-refractivity contribution in [3.8, 4) is 17.1 Å². The Bertz CT molecular complexity index is 1300. The van der Waals surface area contributed by atoms with Gasteiger partial charge in [0.05, 0.1) is 0 Å². The third kappa shape index (κ3) is 7.96. The van der Waals surface area contributed by atoms with Crippen molar-refractivity contribution in [2.45, 2.75) is 13.3 Å². The molecule has 4 rings (SSSR count). The maximum absolute atomic E-state index is 12.9. The minimum Gasteiger partial charge on any atom is -0.406 e. The standard InChI is InChI=1S/C26H26ClF3N6O3/c1-17(37)31-10-11-32-22-16-23(34-24(33-22)18-2-6-20(27)7-3-18)35-12-14-36(15-13-35)25(38)19-4-8-21(9-5-19)39-26(28,29)30/h2-9,16H,10-15H2,1H3,(H,31,37)(H,32,33,34). The molecular weight excluding hydrogens is 537 g/mol. The van der Waals surface area contributed by atoms with Crippen molar-refractivity contribution in [1.82, 2.24) is 20.2 Å². The van der Waals surface area contributed by atoms with Gasteiger partial charge in [0.25, 0.3) is 5.91 Å². The van der Waals surface area contributed by atoms with E-state index in [0.29, 0.717) is 61.8 Å². The van der Waals surface area contributed by atoms with Crippen LogP contribution in [0, 0.1) is 0 Å². The normalized spacial score (nSPS) is 13.7. The number of carbonyl (C=O) groups excluding carboxylic acids is 2. The third-order valence-electron chi connectivity index (χ3n) is 5.85. The predicted octanol–water partition coefficient (Wildman–Crippen LogP) is 4.21. The van der Waals surface area contributed by atoms with Crippen LogP contribution in [0.2, 0.25) is 5.02 Å². The van der Waals surface area contributed by atoms with Crippen LogP contribution in [0.3, 0.4) is 0 Å². The number of nitrogens with one attached hydrogen (secondary N) is 2. The van der Waals surface area contributed by atoms with E-state index in [0.717, 1.165) is 17.7 Å². The summed E-state index contributed by atoms with van der Waals surface area (Å²) in [6.45, 7) is 4.10. The second kappa shape index (κ2) is 12.2. The zero-order chi connectivity index (χ0) is 28.0. The van der Waals surface area contributed by atoms with Crippen molar-refractivity contribution < 1.29 is 27.5 Å². The van der Waals surface area contributed by atoms with Gasteiger partial charge in [-0.15, -0.1) is 13.2 Å². The van der Waals surface area contributed by atoms with E-state index in [1.807, 2.05) is 23.1 Å². The van der Waals surface area contributed by atoms with Crippen molar-refractivity contribution in [1.29, 1.82) is 0 Å². The van der Waals surface area contributed by atoms with Gasteiger partial charge in [0, 0.05) is 68.4 Å². The number of ether oxygens (including phenoxy) is 1. The highest BCUT2D eigenvalue weighted by molar-refractivity contribution is 6.30. The summed E-state index contributed by atoms with van der Waals surface area (Å²) in [5, 5.41) is 6.52. The largest absolute Gasteiger partial charge is 0.573 e. The van der Waals surface area contributed by atoms with Crippen LogP contribution in [-0.2, 0) is 4.79 Å². The van der Waals surface area contributed by atoms with E-state index < -0.39 is 6.36 Å². The monoisotopic (exact) mass is 562 g/mol. The van der Waals surface area contributed by atoms with Crippen molar-refractivity contribution in [2.75, 3.05) is 49.5 Å². The Morgan fingerprint density at radius 3 is 2.26 bits per heavy atom. The molecule has 13 heteroatoms. The van der Waals surface area contributed by atoms with E-state index in [1.165, 1.54) is 19.1 Å². The molecule has 2 aromatic carbocycles. The number of nitrogens with zero attached hydrogens (tertiary/aromatic N) is 4. The smallest absolute Gasteiger partial charge is 0.406 e. The Hall–Kier alpha value is -4.06. The zero-order valence-corrected chi connectivity index (χ0v) is 21.7. The minimum atomic E-state index is -4.79. The molecule has 3 aromatic rings. The summed E-state index contributed by atoms with van der Waals surface area (Å²) in [4.78, 5) is 37.1. The highest BCUT2D eigenvalue weighted by atomic mass is 35.5. The van der Waals surface area contributed by atoms with Crippen LogP contribution in [0.1, 0.15) is 17.3 Å². The molecule has 0 spiro atoms. The lowest BCUT2D eigenvalue weighted by atomic mass is 10.1. The van der Waals surface area contributed by atoms with E-state index in [1.54, 1.807) is 17.0 Å². The number of rotatable bonds is 8. The summed E-state index contributed by atoms with van der Waals surface area (Å²) in [5.74, 6) is 0.947. The van der Waals surface area contributed by atoms with Crippen molar-refractivity contribution in [3.05, 3.63) is 65.2 Å². The SMILES string of the molecule is CC(=O)NCCNc1cc(N2CCN(C(=O)c3ccc(OC(F)(F)F)cc3)CC2)nc(-c2ccc(Cl)cc2)n1. The number of piperazine rings is 1. The summed E-state index contributed by atoms with van der Waals surface area (Å²) in [6, 6.07) is 13.8. The summed E-state index contributed by atoms with van der Waals surface area (Å²) in [6.07, 6.45) is -4.79. The number of benzene rings is 2. The van der Waals surface area contributed by atoms with Crippen LogP contribution in [0.4, 0.5) is 24.8 Å².